The minimum atomic E-state index is -3.80. The van der Waals surface area contributed by atoms with Crippen LogP contribution in [0, 0.1) is 6.92 Å². The zero-order chi connectivity index (χ0) is 23.5. The number of amides is 1. The fourth-order valence-electron chi connectivity index (χ4n) is 3.09. The second kappa shape index (κ2) is 9.53. The standard InChI is InChI=1S/C21H24N4O5S2/c1-13-6-11-18(30-4)17(12-13)25(32(5,27)28)14(2)19(26)22-21-24-23-20(31-21)15-7-9-16(29-3)10-8-15/h6-12,14H,1-5H3,(H,22,24,26)/t14-/m1/s1. The minimum absolute atomic E-state index is 0.261. The van der Waals surface area contributed by atoms with Crippen molar-refractivity contribution in [1.82, 2.24) is 10.2 Å². The number of carbonyl (C=O) groups excluding carboxylic acids is 1. The number of ether oxygens (including phenoxy) is 2. The molecule has 0 aliphatic rings. The molecule has 2 aromatic carbocycles. The summed E-state index contributed by atoms with van der Waals surface area (Å²) in [5.74, 6) is 0.517. The first-order chi connectivity index (χ1) is 15.1. The van der Waals surface area contributed by atoms with Crippen molar-refractivity contribution in [3.63, 3.8) is 0 Å². The van der Waals surface area contributed by atoms with E-state index in [4.69, 9.17) is 9.47 Å². The molecule has 1 amide bonds. The summed E-state index contributed by atoms with van der Waals surface area (Å²) >= 11 is 1.18. The first kappa shape index (κ1) is 23.5. The largest absolute Gasteiger partial charge is 0.497 e. The van der Waals surface area contributed by atoms with Crippen LogP contribution in [0.2, 0.25) is 0 Å². The van der Waals surface area contributed by atoms with Gasteiger partial charge < -0.3 is 9.47 Å². The summed E-state index contributed by atoms with van der Waals surface area (Å²) in [5, 5.41) is 11.7. The zero-order valence-corrected chi connectivity index (χ0v) is 20.0. The summed E-state index contributed by atoms with van der Waals surface area (Å²) < 4.78 is 36.7. The van der Waals surface area contributed by atoms with Crippen LogP contribution in [0.25, 0.3) is 10.6 Å². The molecule has 0 aliphatic heterocycles. The highest BCUT2D eigenvalue weighted by atomic mass is 32.2. The van der Waals surface area contributed by atoms with Gasteiger partial charge in [-0.1, -0.05) is 17.4 Å². The lowest BCUT2D eigenvalue weighted by Crippen LogP contribution is -2.45. The van der Waals surface area contributed by atoms with Crippen molar-refractivity contribution in [3.05, 3.63) is 48.0 Å². The third-order valence-electron chi connectivity index (χ3n) is 4.65. The number of anilines is 2. The lowest BCUT2D eigenvalue weighted by Gasteiger charge is -2.29. The summed E-state index contributed by atoms with van der Waals surface area (Å²) in [5.41, 5.74) is 1.93. The highest BCUT2D eigenvalue weighted by molar-refractivity contribution is 7.92. The normalized spacial score (nSPS) is 12.2. The summed E-state index contributed by atoms with van der Waals surface area (Å²) in [6, 6.07) is 11.3. The number of hydrogen-bond acceptors (Lipinski definition) is 8. The van der Waals surface area contributed by atoms with E-state index in [1.54, 1.807) is 37.4 Å². The van der Waals surface area contributed by atoms with Crippen LogP contribution in [0.3, 0.4) is 0 Å². The van der Waals surface area contributed by atoms with E-state index in [0.29, 0.717) is 16.5 Å². The van der Waals surface area contributed by atoms with E-state index < -0.39 is 22.0 Å². The van der Waals surface area contributed by atoms with Crippen molar-refractivity contribution >= 4 is 38.1 Å². The number of aromatic nitrogens is 2. The molecule has 1 N–H and O–H groups in total. The van der Waals surface area contributed by atoms with Gasteiger partial charge in [0, 0.05) is 5.56 Å². The van der Waals surface area contributed by atoms with Gasteiger partial charge >= 0.3 is 0 Å². The van der Waals surface area contributed by atoms with Crippen molar-refractivity contribution in [1.29, 1.82) is 0 Å². The summed E-state index contributed by atoms with van der Waals surface area (Å²) in [6.45, 7) is 3.33. The number of nitrogens with one attached hydrogen (secondary N) is 1. The molecule has 0 aliphatic carbocycles. The Morgan fingerprint density at radius 1 is 1.09 bits per heavy atom. The first-order valence-corrected chi connectivity index (χ1v) is 12.2. The first-order valence-electron chi connectivity index (χ1n) is 9.57. The van der Waals surface area contributed by atoms with Gasteiger partial charge in [-0.25, -0.2) is 8.42 Å². The molecular weight excluding hydrogens is 452 g/mol. The molecule has 0 spiro atoms. The molecule has 9 nitrogen and oxygen atoms in total. The molecule has 1 aromatic heterocycles. The Kier molecular flexibility index (Phi) is 6.99. The number of hydrogen-bond donors (Lipinski definition) is 1. The Bertz CT molecular complexity index is 1210. The smallest absolute Gasteiger partial charge is 0.249 e. The molecule has 32 heavy (non-hydrogen) atoms. The number of aryl methyl sites for hydroxylation is 1. The van der Waals surface area contributed by atoms with E-state index in [1.807, 2.05) is 19.1 Å². The Morgan fingerprint density at radius 2 is 1.78 bits per heavy atom. The van der Waals surface area contributed by atoms with Gasteiger partial charge in [0.15, 0.2) is 0 Å². The van der Waals surface area contributed by atoms with Crippen LogP contribution in [0.4, 0.5) is 10.8 Å². The number of nitrogens with zero attached hydrogens (tertiary/aromatic N) is 3. The van der Waals surface area contributed by atoms with Crippen molar-refractivity contribution < 1.29 is 22.7 Å². The topological polar surface area (TPSA) is 111 Å². The Balaban J connectivity index is 1.85. The van der Waals surface area contributed by atoms with E-state index in [-0.39, 0.29) is 10.8 Å². The zero-order valence-electron chi connectivity index (χ0n) is 18.3. The predicted octanol–water partition coefficient (Wildman–Crippen LogP) is 3.32. The Hall–Kier alpha value is -3.18. The number of rotatable bonds is 8. The van der Waals surface area contributed by atoms with Gasteiger partial charge in [-0.3, -0.25) is 14.4 Å². The van der Waals surface area contributed by atoms with Crippen molar-refractivity contribution in [2.75, 3.05) is 30.1 Å². The summed E-state index contributed by atoms with van der Waals surface area (Å²) in [7, 11) is -0.770. The minimum Gasteiger partial charge on any atom is -0.497 e. The van der Waals surface area contributed by atoms with Gasteiger partial charge in [0.2, 0.25) is 21.1 Å². The lowest BCUT2D eigenvalue weighted by atomic mass is 10.2. The third-order valence-corrected chi connectivity index (χ3v) is 6.77. The van der Waals surface area contributed by atoms with Crippen LogP contribution < -0.4 is 19.1 Å². The van der Waals surface area contributed by atoms with E-state index in [0.717, 1.165) is 21.7 Å². The molecule has 1 heterocycles. The van der Waals surface area contributed by atoms with Gasteiger partial charge in [-0.2, -0.15) is 0 Å². The average Bonchev–Trinajstić information content (AvgIpc) is 3.21. The second-order valence-corrected chi connectivity index (χ2v) is 9.88. The quantitative estimate of drug-likeness (QED) is 0.531. The second-order valence-electron chi connectivity index (χ2n) is 7.04. The highest BCUT2D eigenvalue weighted by Gasteiger charge is 2.32. The van der Waals surface area contributed by atoms with E-state index in [2.05, 4.69) is 15.5 Å². The van der Waals surface area contributed by atoms with Crippen LogP contribution in [0.15, 0.2) is 42.5 Å². The fourth-order valence-corrected chi connectivity index (χ4v) is 5.01. The molecule has 0 bridgehead atoms. The molecule has 0 unspecified atom stereocenters. The molecule has 3 aromatic rings. The Morgan fingerprint density at radius 3 is 2.38 bits per heavy atom. The number of benzene rings is 2. The number of carbonyl (C=O) groups is 1. The lowest BCUT2D eigenvalue weighted by molar-refractivity contribution is -0.116. The predicted molar refractivity (Wildman–Crippen MR) is 125 cm³/mol. The number of sulfonamides is 1. The van der Waals surface area contributed by atoms with Gasteiger partial charge in [-0.05, 0) is 55.8 Å². The van der Waals surface area contributed by atoms with Crippen LogP contribution in [-0.4, -0.2) is 51.0 Å². The molecular formula is C21H24N4O5S2. The molecule has 0 radical (unpaired) electrons. The van der Waals surface area contributed by atoms with Crippen LogP contribution in [0.1, 0.15) is 12.5 Å². The van der Waals surface area contributed by atoms with Gasteiger partial charge in [0.25, 0.3) is 0 Å². The molecule has 1 atom stereocenters. The third kappa shape index (κ3) is 5.17. The van der Waals surface area contributed by atoms with Crippen molar-refractivity contribution in [3.8, 4) is 22.1 Å². The van der Waals surface area contributed by atoms with Gasteiger partial charge in [0.05, 0.1) is 26.2 Å². The molecule has 0 saturated heterocycles. The van der Waals surface area contributed by atoms with E-state index >= 15 is 0 Å². The van der Waals surface area contributed by atoms with Crippen molar-refractivity contribution in [2.45, 2.75) is 19.9 Å². The maximum atomic E-state index is 13.0. The van der Waals surface area contributed by atoms with Crippen LogP contribution >= 0.6 is 11.3 Å². The Labute approximate surface area is 191 Å². The SMILES string of the molecule is COc1ccc(-c2nnc(NC(=O)[C@@H](C)N(c3cc(C)ccc3OC)S(C)(=O)=O)s2)cc1. The molecule has 0 saturated carbocycles. The van der Waals surface area contributed by atoms with E-state index in [1.165, 1.54) is 25.4 Å². The highest BCUT2D eigenvalue weighted by Crippen LogP contribution is 2.33. The van der Waals surface area contributed by atoms with Crippen LogP contribution in [-0.2, 0) is 14.8 Å². The summed E-state index contributed by atoms with van der Waals surface area (Å²) in [4.78, 5) is 13.0. The molecule has 0 fully saturated rings. The van der Waals surface area contributed by atoms with Gasteiger partial charge in [0.1, 0.15) is 22.5 Å². The average molecular weight is 477 g/mol. The fraction of sp³-hybridized carbons (Fsp3) is 0.286. The van der Waals surface area contributed by atoms with Gasteiger partial charge in [-0.15, -0.1) is 10.2 Å². The molecule has 170 valence electrons. The van der Waals surface area contributed by atoms with E-state index in [9.17, 15) is 13.2 Å². The molecule has 11 heteroatoms. The number of methoxy groups -OCH3 is 2. The maximum absolute atomic E-state index is 13.0. The van der Waals surface area contributed by atoms with Crippen LogP contribution in [0.5, 0.6) is 11.5 Å². The maximum Gasteiger partial charge on any atom is 0.249 e. The summed E-state index contributed by atoms with van der Waals surface area (Å²) in [6.07, 6.45) is 1.05. The molecule has 3 rings (SSSR count). The monoisotopic (exact) mass is 476 g/mol. The van der Waals surface area contributed by atoms with Crippen molar-refractivity contribution in [2.24, 2.45) is 0 Å².